The van der Waals surface area contributed by atoms with Crippen LogP contribution in [0.4, 0.5) is 0 Å². The number of hydrogen-bond acceptors (Lipinski definition) is 4. The fraction of sp³-hybridized carbons (Fsp3) is 0.692. The molecule has 1 N–H and O–H groups in total. The Balaban J connectivity index is 2.30. The second-order valence-electron chi connectivity index (χ2n) is 4.57. The van der Waals surface area contributed by atoms with E-state index in [0.717, 1.165) is 0 Å². The lowest BCUT2D eigenvalue weighted by Gasteiger charge is -2.35. The molecule has 0 radical (unpaired) electrons. The first-order valence-electron chi connectivity index (χ1n) is 6.50. The van der Waals surface area contributed by atoms with Crippen LogP contribution in [-0.4, -0.2) is 74.1 Å². The van der Waals surface area contributed by atoms with E-state index in [0.29, 0.717) is 39.3 Å². The summed E-state index contributed by atoms with van der Waals surface area (Å²) in [5, 5.41) is 2.74. The number of nitrogens with zero attached hydrogens (tertiary/aromatic N) is 2. The molecule has 19 heavy (non-hydrogen) atoms. The van der Waals surface area contributed by atoms with Gasteiger partial charge in [-0.15, -0.1) is 6.58 Å². The molecule has 108 valence electrons. The maximum Gasteiger partial charge on any atom is 0.251 e. The van der Waals surface area contributed by atoms with Crippen LogP contribution in [0.15, 0.2) is 12.7 Å². The minimum atomic E-state index is -0.401. The summed E-state index contributed by atoms with van der Waals surface area (Å²) in [6.45, 7) is 8.86. The molecule has 2 amide bonds. The number of carbonyl (C=O) groups excluding carboxylic acids is 2. The number of piperazine rings is 1. The minimum absolute atomic E-state index is 0.00932. The van der Waals surface area contributed by atoms with Crippen LogP contribution < -0.4 is 5.32 Å². The first-order valence-corrected chi connectivity index (χ1v) is 6.50. The Morgan fingerprint density at radius 1 is 1.37 bits per heavy atom. The molecule has 0 aromatic carbocycles. The summed E-state index contributed by atoms with van der Waals surface area (Å²) < 4.78 is 5.02. The Labute approximate surface area is 114 Å². The van der Waals surface area contributed by atoms with Crippen LogP contribution >= 0.6 is 0 Å². The van der Waals surface area contributed by atoms with Crippen molar-refractivity contribution in [1.82, 2.24) is 15.1 Å². The molecule has 0 saturated carbocycles. The zero-order valence-corrected chi connectivity index (χ0v) is 11.7. The Hall–Kier alpha value is -1.40. The Morgan fingerprint density at radius 3 is 2.53 bits per heavy atom. The second-order valence-corrected chi connectivity index (χ2v) is 4.57. The third kappa shape index (κ3) is 5.00. The van der Waals surface area contributed by atoms with Crippen molar-refractivity contribution >= 4 is 11.8 Å². The van der Waals surface area contributed by atoms with Gasteiger partial charge in [0.2, 0.25) is 5.91 Å². The molecule has 1 atom stereocenters. The number of rotatable bonds is 6. The van der Waals surface area contributed by atoms with Crippen molar-refractivity contribution < 1.29 is 14.3 Å². The fourth-order valence-electron chi connectivity index (χ4n) is 1.93. The van der Waals surface area contributed by atoms with E-state index in [2.05, 4.69) is 11.9 Å². The number of nitrogens with one attached hydrogen (secondary N) is 1. The highest BCUT2D eigenvalue weighted by Crippen LogP contribution is 2.05. The van der Waals surface area contributed by atoms with Gasteiger partial charge in [0.1, 0.15) is 6.10 Å². The number of ether oxygens (including phenoxy) is 1. The van der Waals surface area contributed by atoms with Crippen molar-refractivity contribution in [2.24, 2.45) is 0 Å². The topological polar surface area (TPSA) is 61.9 Å². The van der Waals surface area contributed by atoms with E-state index in [-0.39, 0.29) is 11.8 Å². The van der Waals surface area contributed by atoms with E-state index in [1.54, 1.807) is 17.9 Å². The second kappa shape index (κ2) is 7.91. The molecule has 0 aromatic heterocycles. The molecule has 0 aliphatic carbocycles. The summed E-state index contributed by atoms with van der Waals surface area (Å²) in [4.78, 5) is 27.3. The summed E-state index contributed by atoms with van der Waals surface area (Å²) in [7, 11) is 1.53. The normalized spacial score (nSPS) is 17.9. The zero-order chi connectivity index (χ0) is 14.3. The van der Waals surface area contributed by atoms with Crippen LogP contribution in [0.1, 0.15) is 6.92 Å². The highest BCUT2D eigenvalue weighted by molar-refractivity contribution is 5.81. The lowest BCUT2D eigenvalue weighted by molar-refractivity contribution is -0.142. The van der Waals surface area contributed by atoms with E-state index in [1.165, 1.54) is 7.11 Å². The van der Waals surface area contributed by atoms with Crippen LogP contribution in [-0.2, 0) is 14.3 Å². The number of amides is 2. The molecule has 0 bridgehead atoms. The lowest BCUT2D eigenvalue weighted by atomic mass is 10.2. The molecule has 1 saturated heterocycles. The molecule has 1 heterocycles. The van der Waals surface area contributed by atoms with Crippen LogP contribution in [0.5, 0.6) is 0 Å². The van der Waals surface area contributed by atoms with E-state index in [4.69, 9.17) is 4.74 Å². The van der Waals surface area contributed by atoms with Crippen LogP contribution in [0, 0.1) is 0 Å². The van der Waals surface area contributed by atoms with Gasteiger partial charge < -0.3 is 15.0 Å². The molecule has 1 unspecified atom stereocenters. The molecular formula is C13H23N3O3. The summed E-state index contributed by atoms with van der Waals surface area (Å²) in [6.07, 6.45) is 1.25. The minimum Gasteiger partial charge on any atom is -0.372 e. The van der Waals surface area contributed by atoms with Gasteiger partial charge in [-0.1, -0.05) is 6.08 Å². The van der Waals surface area contributed by atoms with Gasteiger partial charge >= 0.3 is 0 Å². The van der Waals surface area contributed by atoms with Crippen LogP contribution in [0.3, 0.4) is 0 Å². The SMILES string of the molecule is C=CCNC(=O)CN1CCN(C(=O)C(C)OC)CC1. The maximum atomic E-state index is 11.9. The summed E-state index contributed by atoms with van der Waals surface area (Å²) in [5.41, 5.74) is 0. The third-order valence-corrected chi connectivity index (χ3v) is 3.20. The zero-order valence-electron chi connectivity index (χ0n) is 11.7. The van der Waals surface area contributed by atoms with E-state index < -0.39 is 6.10 Å². The van der Waals surface area contributed by atoms with Crippen LogP contribution in [0.25, 0.3) is 0 Å². The van der Waals surface area contributed by atoms with E-state index in [1.807, 2.05) is 4.90 Å². The largest absolute Gasteiger partial charge is 0.372 e. The Bertz CT molecular complexity index is 325. The highest BCUT2D eigenvalue weighted by atomic mass is 16.5. The Kier molecular flexibility index (Phi) is 6.52. The summed E-state index contributed by atoms with van der Waals surface area (Å²) in [5.74, 6) is 0.00296. The molecular weight excluding hydrogens is 246 g/mol. The number of carbonyl (C=O) groups is 2. The highest BCUT2D eigenvalue weighted by Gasteiger charge is 2.25. The monoisotopic (exact) mass is 269 g/mol. The molecule has 1 rings (SSSR count). The van der Waals surface area contributed by atoms with Crippen molar-refractivity contribution in [2.75, 3.05) is 46.4 Å². The average molecular weight is 269 g/mol. The van der Waals surface area contributed by atoms with Crippen molar-refractivity contribution in [3.63, 3.8) is 0 Å². The third-order valence-electron chi connectivity index (χ3n) is 3.20. The predicted octanol–water partition coefficient (Wildman–Crippen LogP) is -0.532. The summed E-state index contributed by atoms with van der Waals surface area (Å²) >= 11 is 0. The standard InChI is InChI=1S/C13H23N3O3/c1-4-5-14-12(17)10-15-6-8-16(9-7-15)13(18)11(2)19-3/h4,11H,1,5-10H2,2-3H3,(H,14,17). The van der Waals surface area contributed by atoms with Gasteiger partial charge in [-0.25, -0.2) is 0 Å². The van der Waals surface area contributed by atoms with E-state index in [9.17, 15) is 9.59 Å². The predicted molar refractivity (Wildman–Crippen MR) is 72.7 cm³/mol. The van der Waals surface area contributed by atoms with Gasteiger partial charge in [0.15, 0.2) is 0 Å². The molecule has 1 fully saturated rings. The van der Waals surface area contributed by atoms with Crippen molar-refractivity contribution in [1.29, 1.82) is 0 Å². The van der Waals surface area contributed by atoms with Crippen molar-refractivity contribution in [3.05, 3.63) is 12.7 Å². The van der Waals surface area contributed by atoms with Gasteiger partial charge in [0.05, 0.1) is 6.54 Å². The van der Waals surface area contributed by atoms with Gasteiger partial charge in [-0.05, 0) is 6.92 Å². The fourth-order valence-corrected chi connectivity index (χ4v) is 1.93. The maximum absolute atomic E-state index is 11.9. The molecule has 0 spiro atoms. The number of hydrogen-bond donors (Lipinski definition) is 1. The van der Waals surface area contributed by atoms with Gasteiger partial charge in [0.25, 0.3) is 5.91 Å². The van der Waals surface area contributed by atoms with E-state index >= 15 is 0 Å². The van der Waals surface area contributed by atoms with Gasteiger partial charge in [-0.2, -0.15) is 0 Å². The lowest BCUT2D eigenvalue weighted by Crippen LogP contribution is -2.53. The average Bonchev–Trinajstić information content (AvgIpc) is 2.44. The smallest absolute Gasteiger partial charge is 0.251 e. The molecule has 1 aliphatic heterocycles. The van der Waals surface area contributed by atoms with Crippen molar-refractivity contribution in [3.8, 4) is 0 Å². The number of methoxy groups -OCH3 is 1. The molecule has 0 aromatic rings. The van der Waals surface area contributed by atoms with Crippen LogP contribution in [0.2, 0.25) is 0 Å². The molecule has 6 heteroatoms. The Morgan fingerprint density at radius 2 is 2.00 bits per heavy atom. The summed E-state index contributed by atoms with van der Waals surface area (Å²) in [6, 6.07) is 0. The van der Waals surface area contributed by atoms with Gasteiger partial charge in [-0.3, -0.25) is 14.5 Å². The molecule has 6 nitrogen and oxygen atoms in total. The molecule has 1 aliphatic rings. The first kappa shape index (κ1) is 15.7. The quantitative estimate of drug-likeness (QED) is 0.658. The van der Waals surface area contributed by atoms with Crippen molar-refractivity contribution in [2.45, 2.75) is 13.0 Å². The first-order chi connectivity index (χ1) is 9.08. The van der Waals surface area contributed by atoms with Gasteiger partial charge in [0, 0.05) is 39.8 Å².